The van der Waals surface area contributed by atoms with Crippen molar-refractivity contribution in [2.24, 2.45) is 0 Å². The standard InChI is InChI=1S/C26H28FN3O3/c1-16-3-2-4-17(11-16)14-29-9-7-18(8-10-29)20-12-19(27)13-21-22(20)15-30(26(21)33)23-5-6-24(31)28-25(23)32/h2-4,11-13,18,23H,5-10,14-15H2,1H3,(H,28,31,32). The van der Waals surface area contributed by atoms with Gasteiger partial charge in [0.15, 0.2) is 0 Å². The average Bonchev–Trinajstić information content (AvgIpc) is 3.10. The first-order valence-electron chi connectivity index (χ1n) is 11.6. The van der Waals surface area contributed by atoms with Crippen LogP contribution in [0.1, 0.15) is 64.2 Å². The second kappa shape index (κ2) is 8.71. The third-order valence-electron chi connectivity index (χ3n) is 7.17. The summed E-state index contributed by atoms with van der Waals surface area (Å²) in [7, 11) is 0. The highest BCUT2D eigenvalue weighted by atomic mass is 19.1. The number of imide groups is 1. The molecule has 2 saturated heterocycles. The molecule has 0 aromatic heterocycles. The topological polar surface area (TPSA) is 69.7 Å². The van der Waals surface area contributed by atoms with Crippen molar-refractivity contribution in [3.05, 3.63) is 70.0 Å². The van der Waals surface area contributed by atoms with Gasteiger partial charge in [0, 0.05) is 25.1 Å². The largest absolute Gasteiger partial charge is 0.322 e. The van der Waals surface area contributed by atoms with Gasteiger partial charge in [0.25, 0.3) is 5.91 Å². The second-order valence-electron chi connectivity index (χ2n) is 9.46. The van der Waals surface area contributed by atoms with Gasteiger partial charge in [-0.05, 0) is 74.0 Å². The fourth-order valence-corrected chi connectivity index (χ4v) is 5.49. The minimum Gasteiger partial charge on any atom is -0.322 e. The molecule has 2 aromatic carbocycles. The minimum atomic E-state index is -0.685. The first-order chi connectivity index (χ1) is 15.9. The Hall–Kier alpha value is -3.06. The third kappa shape index (κ3) is 4.29. The van der Waals surface area contributed by atoms with E-state index in [0.717, 1.165) is 43.6 Å². The Morgan fingerprint density at radius 3 is 2.58 bits per heavy atom. The molecule has 172 valence electrons. The Morgan fingerprint density at radius 2 is 1.85 bits per heavy atom. The van der Waals surface area contributed by atoms with Gasteiger partial charge < -0.3 is 4.90 Å². The number of carbonyl (C=O) groups is 3. The van der Waals surface area contributed by atoms with Crippen molar-refractivity contribution >= 4 is 17.7 Å². The zero-order valence-electron chi connectivity index (χ0n) is 18.8. The van der Waals surface area contributed by atoms with E-state index in [1.165, 1.54) is 22.1 Å². The number of carbonyl (C=O) groups excluding carboxylic acids is 3. The molecule has 1 atom stereocenters. The van der Waals surface area contributed by atoms with Crippen LogP contribution in [-0.2, 0) is 22.7 Å². The summed E-state index contributed by atoms with van der Waals surface area (Å²) in [5.41, 5.74) is 4.64. The number of likely N-dealkylation sites (tertiary alicyclic amines) is 1. The molecule has 0 bridgehead atoms. The van der Waals surface area contributed by atoms with Gasteiger partial charge in [-0.15, -0.1) is 0 Å². The van der Waals surface area contributed by atoms with Gasteiger partial charge in [0.2, 0.25) is 11.8 Å². The molecule has 3 amide bonds. The quantitative estimate of drug-likeness (QED) is 0.728. The fraction of sp³-hybridized carbons (Fsp3) is 0.423. The van der Waals surface area contributed by atoms with Crippen molar-refractivity contribution in [2.45, 2.75) is 57.7 Å². The van der Waals surface area contributed by atoms with Crippen molar-refractivity contribution < 1.29 is 18.8 Å². The molecule has 5 rings (SSSR count). The molecule has 3 aliphatic rings. The van der Waals surface area contributed by atoms with Crippen molar-refractivity contribution in [3.63, 3.8) is 0 Å². The molecule has 1 N–H and O–H groups in total. The van der Waals surface area contributed by atoms with E-state index in [2.05, 4.69) is 41.4 Å². The zero-order valence-corrected chi connectivity index (χ0v) is 18.8. The highest BCUT2D eigenvalue weighted by Crippen LogP contribution is 2.38. The highest BCUT2D eigenvalue weighted by Gasteiger charge is 2.41. The second-order valence-corrected chi connectivity index (χ2v) is 9.46. The number of piperidine rings is 2. The first-order valence-corrected chi connectivity index (χ1v) is 11.6. The van der Waals surface area contributed by atoms with E-state index in [4.69, 9.17) is 0 Å². The molecule has 3 aliphatic heterocycles. The van der Waals surface area contributed by atoms with Gasteiger partial charge >= 0.3 is 0 Å². The Bertz CT molecular complexity index is 1120. The first kappa shape index (κ1) is 21.8. The van der Waals surface area contributed by atoms with Crippen LogP contribution in [0.3, 0.4) is 0 Å². The number of hydrogen-bond donors (Lipinski definition) is 1. The molecular weight excluding hydrogens is 421 g/mol. The van der Waals surface area contributed by atoms with Crippen molar-refractivity contribution in [3.8, 4) is 0 Å². The number of rotatable bonds is 4. The summed E-state index contributed by atoms with van der Waals surface area (Å²) in [5, 5.41) is 2.32. The lowest BCUT2D eigenvalue weighted by Gasteiger charge is -2.33. The van der Waals surface area contributed by atoms with Crippen molar-refractivity contribution in [1.82, 2.24) is 15.1 Å². The molecule has 0 aliphatic carbocycles. The Balaban J connectivity index is 1.31. The normalized spacial score (nSPS) is 21.9. The van der Waals surface area contributed by atoms with E-state index < -0.39 is 17.8 Å². The van der Waals surface area contributed by atoms with E-state index in [1.807, 2.05) is 0 Å². The Labute approximate surface area is 192 Å². The monoisotopic (exact) mass is 449 g/mol. The Morgan fingerprint density at radius 1 is 1.06 bits per heavy atom. The van der Waals surface area contributed by atoms with Crippen LogP contribution in [0.4, 0.5) is 4.39 Å². The van der Waals surface area contributed by atoms with Gasteiger partial charge in [-0.2, -0.15) is 0 Å². The number of hydrogen-bond acceptors (Lipinski definition) is 4. The number of nitrogens with one attached hydrogen (secondary N) is 1. The highest BCUT2D eigenvalue weighted by molar-refractivity contribution is 6.05. The maximum Gasteiger partial charge on any atom is 0.255 e. The molecule has 6 nitrogen and oxygen atoms in total. The van der Waals surface area contributed by atoms with Crippen LogP contribution in [0.15, 0.2) is 36.4 Å². The zero-order chi connectivity index (χ0) is 23.1. The van der Waals surface area contributed by atoms with Crippen LogP contribution in [0.25, 0.3) is 0 Å². The lowest BCUT2D eigenvalue weighted by Crippen LogP contribution is -2.52. The van der Waals surface area contributed by atoms with Crippen LogP contribution < -0.4 is 5.32 Å². The molecule has 0 radical (unpaired) electrons. The lowest BCUT2D eigenvalue weighted by molar-refractivity contribution is -0.136. The number of nitrogens with zero attached hydrogens (tertiary/aromatic N) is 2. The van der Waals surface area contributed by atoms with E-state index in [0.29, 0.717) is 18.5 Å². The van der Waals surface area contributed by atoms with Crippen LogP contribution in [-0.4, -0.2) is 46.7 Å². The summed E-state index contributed by atoms with van der Waals surface area (Å²) in [4.78, 5) is 40.9. The van der Waals surface area contributed by atoms with Crippen LogP contribution in [0, 0.1) is 12.7 Å². The number of halogens is 1. The summed E-state index contributed by atoms with van der Waals surface area (Å²) >= 11 is 0. The van der Waals surface area contributed by atoms with Gasteiger partial charge in [-0.25, -0.2) is 4.39 Å². The van der Waals surface area contributed by atoms with Crippen LogP contribution in [0.2, 0.25) is 0 Å². The molecule has 0 saturated carbocycles. The number of benzene rings is 2. The molecule has 7 heteroatoms. The van der Waals surface area contributed by atoms with Gasteiger partial charge in [0.05, 0.1) is 0 Å². The SMILES string of the molecule is Cc1cccc(CN2CCC(c3cc(F)cc4c3CN(C3CCC(=O)NC3=O)C4=O)CC2)c1. The predicted octanol–water partition coefficient (Wildman–Crippen LogP) is 3.27. The molecule has 33 heavy (non-hydrogen) atoms. The maximum atomic E-state index is 14.5. The summed E-state index contributed by atoms with van der Waals surface area (Å²) in [6.45, 7) is 5.11. The molecule has 2 fully saturated rings. The van der Waals surface area contributed by atoms with E-state index in [1.54, 1.807) is 6.07 Å². The van der Waals surface area contributed by atoms with Crippen LogP contribution in [0.5, 0.6) is 0 Å². The number of amides is 3. The van der Waals surface area contributed by atoms with E-state index in [-0.39, 0.29) is 24.2 Å². The smallest absolute Gasteiger partial charge is 0.255 e. The fourth-order valence-electron chi connectivity index (χ4n) is 5.49. The molecular formula is C26H28FN3O3. The number of aryl methyl sites for hydroxylation is 1. The molecule has 3 heterocycles. The summed E-state index contributed by atoms with van der Waals surface area (Å²) in [6, 6.07) is 10.7. The maximum absolute atomic E-state index is 14.5. The van der Waals surface area contributed by atoms with Gasteiger partial charge in [-0.3, -0.25) is 24.6 Å². The third-order valence-corrected chi connectivity index (χ3v) is 7.17. The Kier molecular flexibility index (Phi) is 5.74. The summed E-state index contributed by atoms with van der Waals surface area (Å²) < 4.78 is 14.5. The average molecular weight is 450 g/mol. The van der Waals surface area contributed by atoms with Gasteiger partial charge in [-0.1, -0.05) is 29.8 Å². The molecule has 0 spiro atoms. The van der Waals surface area contributed by atoms with E-state index >= 15 is 0 Å². The van der Waals surface area contributed by atoms with Crippen molar-refractivity contribution in [1.29, 1.82) is 0 Å². The van der Waals surface area contributed by atoms with Crippen LogP contribution >= 0.6 is 0 Å². The van der Waals surface area contributed by atoms with E-state index in [9.17, 15) is 18.8 Å². The molecule has 2 aromatic rings. The minimum absolute atomic E-state index is 0.178. The van der Waals surface area contributed by atoms with Crippen molar-refractivity contribution in [2.75, 3.05) is 13.1 Å². The molecule has 1 unspecified atom stereocenters. The van der Waals surface area contributed by atoms with Gasteiger partial charge in [0.1, 0.15) is 11.9 Å². The summed E-state index contributed by atoms with van der Waals surface area (Å²) in [5.74, 6) is -1.32. The summed E-state index contributed by atoms with van der Waals surface area (Å²) in [6.07, 6.45) is 2.30. The lowest BCUT2D eigenvalue weighted by atomic mass is 9.85. The number of fused-ring (bicyclic) bond motifs is 1. The predicted molar refractivity (Wildman–Crippen MR) is 121 cm³/mol.